The summed E-state index contributed by atoms with van der Waals surface area (Å²) in [4.78, 5) is 65.0. The van der Waals surface area contributed by atoms with Crippen LogP contribution in [-0.2, 0) is 31.1 Å². The maximum Gasteiger partial charge on any atom is 0.352 e. The van der Waals surface area contributed by atoms with Gasteiger partial charge in [0.25, 0.3) is 11.8 Å². The fourth-order valence-electron chi connectivity index (χ4n) is 3.96. The molecule has 0 bridgehead atoms. The number of fused-ring (bicyclic) bond motifs is 2. The van der Waals surface area contributed by atoms with Gasteiger partial charge in [-0.1, -0.05) is 16.9 Å². The number of carboxylic acid groups (broad SMARTS) is 2. The van der Waals surface area contributed by atoms with Crippen LogP contribution in [0.3, 0.4) is 0 Å². The standard InChI is InChI=1S/C24H23N7O7S4/c1-24(2,21(36)37)38-29-14(12-9-40-22(25)26-12)17(32)28-15-18(33)31-16(20(34)35)10(7-39-19(15)31)8-41-23-27-11-4-5-30(3)6-13(11)42-23/h4-6,9,15,19H,7-8H2,1-3H3,(H4-,25,26,28,32,34,35,36,37)/p+1/t15?,19-/m0/s1. The molecule has 220 valence electrons. The number of hydrogen-bond donors (Lipinski definition) is 4. The van der Waals surface area contributed by atoms with Crippen LogP contribution in [0, 0.1) is 0 Å². The van der Waals surface area contributed by atoms with Crippen molar-refractivity contribution in [1.29, 1.82) is 0 Å². The first-order chi connectivity index (χ1) is 19.9. The van der Waals surface area contributed by atoms with E-state index in [2.05, 4.69) is 20.4 Å². The molecule has 3 aromatic heterocycles. The van der Waals surface area contributed by atoms with Crippen molar-refractivity contribution in [3.63, 3.8) is 0 Å². The van der Waals surface area contributed by atoms with E-state index in [1.165, 1.54) is 59.0 Å². The normalized spacial score (nSPS) is 19.0. The molecule has 0 saturated carbocycles. The van der Waals surface area contributed by atoms with Crippen LogP contribution in [0.1, 0.15) is 19.5 Å². The molecule has 0 spiro atoms. The molecule has 1 saturated heterocycles. The van der Waals surface area contributed by atoms with E-state index in [9.17, 15) is 29.4 Å². The number of nitrogens with two attached hydrogens (primary N) is 1. The number of thiazole rings is 2. The molecule has 14 nitrogen and oxygen atoms in total. The molecule has 0 radical (unpaired) electrons. The van der Waals surface area contributed by atoms with E-state index < -0.39 is 40.8 Å². The summed E-state index contributed by atoms with van der Waals surface area (Å²) in [7, 11) is 1.92. The molecule has 3 aromatic rings. The number of β-lactam (4-membered cyclic amide) rings is 1. The molecule has 2 aliphatic heterocycles. The van der Waals surface area contributed by atoms with Crippen molar-refractivity contribution in [2.45, 2.75) is 35.2 Å². The predicted octanol–water partition coefficient (Wildman–Crippen LogP) is 1.27. The van der Waals surface area contributed by atoms with Crippen LogP contribution in [0.15, 0.2) is 44.6 Å². The van der Waals surface area contributed by atoms with Crippen molar-refractivity contribution in [2.24, 2.45) is 12.2 Å². The second-order valence-corrected chi connectivity index (χ2v) is 13.9. The molecule has 2 amide bonds. The quantitative estimate of drug-likeness (QED) is 0.0806. The second-order valence-electron chi connectivity index (χ2n) is 9.66. The van der Waals surface area contributed by atoms with Crippen molar-refractivity contribution in [3.8, 4) is 0 Å². The number of carboxylic acids is 2. The van der Waals surface area contributed by atoms with Gasteiger partial charge in [0, 0.05) is 23.0 Å². The molecule has 42 heavy (non-hydrogen) atoms. The molecule has 5 heterocycles. The molecule has 2 aliphatic rings. The molecule has 1 fully saturated rings. The van der Waals surface area contributed by atoms with E-state index in [1.807, 2.05) is 30.1 Å². The number of hydrogen-bond acceptors (Lipinski definition) is 13. The summed E-state index contributed by atoms with van der Waals surface area (Å²) in [5.41, 5.74) is 4.91. The van der Waals surface area contributed by atoms with Crippen molar-refractivity contribution >= 4 is 91.0 Å². The van der Waals surface area contributed by atoms with Crippen molar-refractivity contribution in [1.82, 2.24) is 20.2 Å². The molecular weight excluding hydrogens is 627 g/mol. The van der Waals surface area contributed by atoms with Gasteiger partial charge in [-0.05, 0) is 19.4 Å². The lowest BCUT2D eigenvalue weighted by atomic mass is 10.0. The van der Waals surface area contributed by atoms with Gasteiger partial charge in [0.1, 0.15) is 34.6 Å². The van der Waals surface area contributed by atoms with Gasteiger partial charge in [-0.15, -0.1) is 34.4 Å². The lowest BCUT2D eigenvalue weighted by Crippen LogP contribution is -2.71. The van der Waals surface area contributed by atoms with E-state index >= 15 is 0 Å². The first-order valence-corrected chi connectivity index (χ1v) is 15.9. The predicted molar refractivity (Wildman–Crippen MR) is 157 cm³/mol. The van der Waals surface area contributed by atoms with Crippen LogP contribution in [0.5, 0.6) is 0 Å². The first kappa shape index (κ1) is 29.7. The fraction of sp³-hybridized carbons (Fsp3) is 0.333. The number of thioether (sulfide) groups is 2. The van der Waals surface area contributed by atoms with Crippen LogP contribution in [0.2, 0.25) is 0 Å². The van der Waals surface area contributed by atoms with Gasteiger partial charge in [-0.3, -0.25) is 14.5 Å². The minimum absolute atomic E-state index is 0.0325. The third kappa shape index (κ3) is 5.79. The lowest BCUT2D eigenvalue weighted by molar-refractivity contribution is -0.670. The van der Waals surface area contributed by atoms with Gasteiger partial charge in [0.15, 0.2) is 27.6 Å². The topological polar surface area (TPSA) is 201 Å². The number of carbonyl (C=O) groups excluding carboxylic acids is 2. The molecule has 0 aromatic carbocycles. The van der Waals surface area contributed by atoms with Gasteiger partial charge >= 0.3 is 11.9 Å². The Morgan fingerprint density at radius 1 is 1.33 bits per heavy atom. The summed E-state index contributed by atoms with van der Waals surface area (Å²) in [6.07, 6.45) is 3.86. The van der Waals surface area contributed by atoms with Gasteiger partial charge in [0.05, 0.1) is 5.52 Å². The second kappa shape index (κ2) is 11.5. The van der Waals surface area contributed by atoms with Crippen LogP contribution < -0.4 is 15.6 Å². The Morgan fingerprint density at radius 3 is 2.76 bits per heavy atom. The number of amides is 2. The number of anilines is 1. The fourth-order valence-corrected chi connectivity index (χ4v) is 8.14. The van der Waals surface area contributed by atoms with E-state index in [0.29, 0.717) is 17.1 Å². The third-order valence-electron chi connectivity index (χ3n) is 6.22. The Balaban J connectivity index is 1.32. The van der Waals surface area contributed by atoms with Gasteiger partial charge in [-0.2, -0.15) is 0 Å². The third-order valence-corrected chi connectivity index (χ3v) is 10.5. The lowest BCUT2D eigenvalue weighted by Gasteiger charge is -2.49. The maximum atomic E-state index is 13.2. The summed E-state index contributed by atoms with van der Waals surface area (Å²) in [6, 6.07) is 0.856. The van der Waals surface area contributed by atoms with Crippen LogP contribution in [0.4, 0.5) is 5.13 Å². The molecular formula is C24H24N7O7S4+. The van der Waals surface area contributed by atoms with Crippen LogP contribution in [-0.4, -0.2) is 83.1 Å². The number of nitrogens with zero attached hydrogens (tertiary/aromatic N) is 5. The number of aryl methyl sites for hydroxylation is 1. The summed E-state index contributed by atoms with van der Waals surface area (Å²) in [5.74, 6) is -3.36. The zero-order chi connectivity index (χ0) is 30.3. The number of rotatable bonds is 10. The van der Waals surface area contributed by atoms with Gasteiger partial charge in [-0.25, -0.2) is 24.1 Å². The molecule has 0 aliphatic carbocycles. The summed E-state index contributed by atoms with van der Waals surface area (Å²) >= 11 is 5.26. The first-order valence-electron chi connectivity index (χ1n) is 12.2. The largest absolute Gasteiger partial charge is 0.478 e. The molecule has 2 atom stereocenters. The SMILES string of the molecule is C[n+]1ccc2nc(SCC3=C(C(=O)O)N4C(=O)C(NC(=O)C(=NOC(C)(C)C(=O)O)c5csc(N)n5)[C@@H]4SC3)sc2c1. The minimum Gasteiger partial charge on any atom is -0.478 e. The number of pyridine rings is 1. The van der Waals surface area contributed by atoms with E-state index in [0.717, 1.165) is 25.9 Å². The zero-order valence-electron chi connectivity index (χ0n) is 22.3. The average molecular weight is 651 g/mol. The van der Waals surface area contributed by atoms with Gasteiger partial charge < -0.3 is 26.1 Å². The highest BCUT2D eigenvalue weighted by Gasteiger charge is 2.54. The Bertz CT molecular complexity index is 1680. The number of nitrogen functional groups attached to an aromatic ring is 1. The van der Waals surface area contributed by atoms with E-state index in [1.54, 1.807) is 0 Å². The van der Waals surface area contributed by atoms with Crippen molar-refractivity contribution in [3.05, 3.63) is 40.8 Å². The summed E-state index contributed by atoms with van der Waals surface area (Å²) in [6.45, 7) is 2.50. The summed E-state index contributed by atoms with van der Waals surface area (Å²) < 4.78 is 3.71. The average Bonchev–Trinajstić information content (AvgIpc) is 3.54. The number of carbonyl (C=O) groups is 4. The Labute approximate surface area is 254 Å². The zero-order valence-corrected chi connectivity index (χ0v) is 25.5. The molecule has 5 N–H and O–H groups in total. The number of oxime groups is 1. The highest BCUT2D eigenvalue weighted by Crippen LogP contribution is 2.42. The maximum absolute atomic E-state index is 13.2. The Morgan fingerprint density at radius 2 is 2.10 bits per heavy atom. The van der Waals surface area contributed by atoms with Crippen LogP contribution in [0.25, 0.3) is 10.2 Å². The van der Waals surface area contributed by atoms with Gasteiger partial charge in [0.2, 0.25) is 5.60 Å². The molecule has 1 unspecified atom stereocenters. The van der Waals surface area contributed by atoms with Crippen molar-refractivity contribution in [2.75, 3.05) is 17.2 Å². The highest BCUT2D eigenvalue weighted by atomic mass is 32.2. The highest BCUT2D eigenvalue weighted by molar-refractivity contribution is 8.02. The van der Waals surface area contributed by atoms with Crippen molar-refractivity contribution < 1.29 is 38.8 Å². The van der Waals surface area contributed by atoms with Crippen LogP contribution >= 0.6 is 46.2 Å². The number of aromatic nitrogens is 3. The smallest absolute Gasteiger partial charge is 0.352 e. The number of aliphatic carboxylic acids is 2. The Hall–Kier alpha value is -3.74. The Kier molecular flexibility index (Phi) is 8.15. The van der Waals surface area contributed by atoms with E-state index in [4.69, 9.17) is 10.6 Å². The number of nitrogens with one attached hydrogen (secondary N) is 1. The van der Waals surface area contributed by atoms with E-state index in [-0.39, 0.29) is 22.2 Å². The molecule has 5 rings (SSSR count). The summed E-state index contributed by atoms with van der Waals surface area (Å²) in [5, 5.41) is 26.6. The monoisotopic (exact) mass is 650 g/mol. The molecule has 18 heteroatoms. The minimum atomic E-state index is -1.76.